The van der Waals surface area contributed by atoms with Gasteiger partial charge in [-0.3, -0.25) is 0 Å². The van der Waals surface area contributed by atoms with Crippen LogP contribution in [0.2, 0.25) is 0 Å². The van der Waals surface area contributed by atoms with E-state index in [0.29, 0.717) is 0 Å². The molecule has 1 aliphatic carbocycles. The Morgan fingerprint density at radius 3 is 2.80 bits per heavy atom. The van der Waals surface area contributed by atoms with E-state index >= 15 is 0 Å². The number of carbonyl (C=O) groups excluding carboxylic acids is 1. The number of amides is 1. The number of nitrogens with zero attached hydrogens (tertiary/aromatic N) is 2. The number of alkyl carbamates (subject to hydrolysis) is 1. The Hall–Kier alpha value is -1.52. The van der Waals surface area contributed by atoms with Crippen molar-refractivity contribution in [3.63, 3.8) is 0 Å². The molecule has 1 heterocycles. The normalized spacial score (nSPS) is 17.4. The van der Waals surface area contributed by atoms with Crippen LogP contribution < -0.4 is 5.32 Å². The van der Waals surface area contributed by atoms with Gasteiger partial charge in [-0.05, 0) is 46.5 Å². The van der Waals surface area contributed by atoms with E-state index in [9.17, 15) is 4.79 Å². The fourth-order valence-corrected chi connectivity index (χ4v) is 2.36. The molecule has 0 saturated heterocycles. The molecular weight excluding hydrogens is 254 g/mol. The topological polar surface area (TPSA) is 56.1 Å². The molecule has 2 rings (SSSR count). The maximum Gasteiger partial charge on any atom is 0.408 e. The highest BCUT2D eigenvalue weighted by molar-refractivity contribution is 5.68. The van der Waals surface area contributed by atoms with Crippen molar-refractivity contribution in [1.29, 1.82) is 0 Å². The van der Waals surface area contributed by atoms with Crippen LogP contribution in [0.25, 0.3) is 0 Å². The first-order valence-electron chi connectivity index (χ1n) is 7.34. The zero-order valence-electron chi connectivity index (χ0n) is 12.8. The molecule has 1 aliphatic rings. The van der Waals surface area contributed by atoms with Crippen molar-refractivity contribution < 1.29 is 9.53 Å². The Labute approximate surface area is 120 Å². The fraction of sp³-hybridized carbons (Fsp3) is 0.733. The van der Waals surface area contributed by atoms with Gasteiger partial charge >= 0.3 is 6.09 Å². The highest BCUT2D eigenvalue weighted by Crippen LogP contribution is 2.28. The van der Waals surface area contributed by atoms with Crippen molar-refractivity contribution in [2.24, 2.45) is 5.92 Å². The van der Waals surface area contributed by atoms with Gasteiger partial charge in [0.2, 0.25) is 0 Å². The third-order valence-electron chi connectivity index (χ3n) is 3.60. The van der Waals surface area contributed by atoms with Crippen LogP contribution in [0, 0.1) is 5.92 Å². The molecule has 1 saturated carbocycles. The van der Waals surface area contributed by atoms with Gasteiger partial charge in [-0.1, -0.05) is 6.42 Å². The van der Waals surface area contributed by atoms with Gasteiger partial charge in [0.25, 0.3) is 0 Å². The standard InChI is InChI=1S/C15H25N3O2/c1-11(17-14(19)20-15(2,3)4)13-8-16-10-18(13)9-12-6-5-7-12/h8,10-12H,5-7,9H2,1-4H3,(H,17,19). The summed E-state index contributed by atoms with van der Waals surface area (Å²) in [6.45, 7) is 8.53. The van der Waals surface area contributed by atoms with Crippen LogP contribution in [0.4, 0.5) is 4.79 Å². The van der Waals surface area contributed by atoms with Gasteiger partial charge in [-0.15, -0.1) is 0 Å². The first-order chi connectivity index (χ1) is 9.35. The predicted molar refractivity (Wildman–Crippen MR) is 77.4 cm³/mol. The zero-order valence-corrected chi connectivity index (χ0v) is 12.8. The van der Waals surface area contributed by atoms with Gasteiger partial charge in [0.15, 0.2) is 0 Å². The number of carbonyl (C=O) groups is 1. The van der Waals surface area contributed by atoms with Gasteiger partial charge in [0, 0.05) is 6.54 Å². The molecule has 1 unspecified atom stereocenters. The summed E-state index contributed by atoms with van der Waals surface area (Å²) in [5.74, 6) is 0.761. The average molecular weight is 279 g/mol. The summed E-state index contributed by atoms with van der Waals surface area (Å²) in [7, 11) is 0. The number of aromatic nitrogens is 2. The van der Waals surface area contributed by atoms with Crippen LogP contribution in [0.3, 0.4) is 0 Å². The number of rotatable bonds is 4. The minimum Gasteiger partial charge on any atom is -0.444 e. The molecule has 5 nitrogen and oxygen atoms in total. The van der Waals surface area contributed by atoms with Crippen molar-refractivity contribution in [2.45, 2.75) is 65.1 Å². The Bertz CT molecular complexity index is 458. The summed E-state index contributed by atoms with van der Waals surface area (Å²) in [6.07, 6.45) is 7.21. The quantitative estimate of drug-likeness (QED) is 0.920. The minimum absolute atomic E-state index is 0.104. The number of imidazole rings is 1. The van der Waals surface area contributed by atoms with Crippen molar-refractivity contribution in [2.75, 3.05) is 0 Å². The lowest BCUT2D eigenvalue weighted by molar-refractivity contribution is 0.0506. The van der Waals surface area contributed by atoms with E-state index in [4.69, 9.17) is 4.74 Å². The second-order valence-corrected chi connectivity index (χ2v) is 6.64. The molecule has 1 N–H and O–H groups in total. The van der Waals surface area contributed by atoms with E-state index in [2.05, 4.69) is 14.9 Å². The number of hydrogen-bond donors (Lipinski definition) is 1. The van der Waals surface area contributed by atoms with E-state index in [0.717, 1.165) is 18.2 Å². The molecule has 1 aromatic heterocycles. The maximum atomic E-state index is 11.8. The van der Waals surface area contributed by atoms with Crippen LogP contribution in [0.1, 0.15) is 58.7 Å². The van der Waals surface area contributed by atoms with E-state index in [-0.39, 0.29) is 12.1 Å². The molecule has 112 valence electrons. The molecule has 0 spiro atoms. The predicted octanol–water partition coefficient (Wildman–Crippen LogP) is 3.27. The molecule has 1 atom stereocenters. The van der Waals surface area contributed by atoms with E-state index in [1.165, 1.54) is 19.3 Å². The SMILES string of the molecule is CC(NC(=O)OC(C)(C)C)c1cncn1CC1CCC1. The summed E-state index contributed by atoms with van der Waals surface area (Å²) in [5, 5.41) is 2.87. The molecular formula is C15H25N3O2. The fourth-order valence-electron chi connectivity index (χ4n) is 2.36. The lowest BCUT2D eigenvalue weighted by atomic mass is 9.85. The molecule has 1 fully saturated rings. The summed E-state index contributed by atoms with van der Waals surface area (Å²) in [6, 6.07) is -0.104. The van der Waals surface area contributed by atoms with Crippen molar-refractivity contribution in [3.8, 4) is 0 Å². The third kappa shape index (κ3) is 3.99. The van der Waals surface area contributed by atoms with Gasteiger partial charge in [-0.2, -0.15) is 0 Å². The van der Waals surface area contributed by atoms with E-state index in [1.54, 1.807) is 0 Å². The number of ether oxygens (including phenoxy) is 1. The molecule has 0 radical (unpaired) electrons. The van der Waals surface area contributed by atoms with Crippen LogP contribution in [0.15, 0.2) is 12.5 Å². The zero-order chi connectivity index (χ0) is 14.8. The Balaban J connectivity index is 1.93. The Kier molecular flexibility index (Phi) is 4.35. The highest BCUT2D eigenvalue weighted by atomic mass is 16.6. The first kappa shape index (κ1) is 14.9. The smallest absolute Gasteiger partial charge is 0.408 e. The van der Waals surface area contributed by atoms with Crippen molar-refractivity contribution in [1.82, 2.24) is 14.9 Å². The molecule has 0 aliphatic heterocycles. The minimum atomic E-state index is -0.476. The van der Waals surface area contributed by atoms with Crippen LogP contribution in [-0.4, -0.2) is 21.2 Å². The lowest BCUT2D eigenvalue weighted by Crippen LogP contribution is -2.34. The molecule has 5 heteroatoms. The molecule has 1 amide bonds. The van der Waals surface area contributed by atoms with Crippen molar-refractivity contribution in [3.05, 3.63) is 18.2 Å². The largest absolute Gasteiger partial charge is 0.444 e. The summed E-state index contributed by atoms with van der Waals surface area (Å²) in [5.41, 5.74) is 0.554. The molecule has 0 bridgehead atoms. The summed E-state index contributed by atoms with van der Waals surface area (Å²) in [4.78, 5) is 16.0. The van der Waals surface area contributed by atoms with Crippen LogP contribution in [-0.2, 0) is 11.3 Å². The first-order valence-corrected chi connectivity index (χ1v) is 7.34. The summed E-state index contributed by atoms with van der Waals surface area (Å²) < 4.78 is 7.42. The van der Waals surface area contributed by atoms with Crippen molar-refractivity contribution >= 4 is 6.09 Å². The average Bonchev–Trinajstić information content (AvgIpc) is 2.68. The number of hydrogen-bond acceptors (Lipinski definition) is 3. The molecule has 1 aromatic rings. The van der Waals surface area contributed by atoms with Gasteiger partial charge in [0.05, 0.1) is 24.3 Å². The highest BCUT2D eigenvalue weighted by Gasteiger charge is 2.22. The van der Waals surface area contributed by atoms with Gasteiger partial charge in [-0.25, -0.2) is 9.78 Å². The van der Waals surface area contributed by atoms with Crippen LogP contribution >= 0.6 is 0 Å². The second-order valence-electron chi connectivity index (χ2n) is 6.64. The monoisotopic (exact) mass is 279 g/mol. The van der Waals surface area contributed by atoms with Gasteiger partial charge in [0.1, 0.15) is 5.60 Å². The molecule has 20 heavy (non-hydrogen) atoms. The third-order valence-corrected chi connectivity index (χ3v) is 3.60. The second kappa shape index (κ2) is 5.85. The molecule has 0 aromatic carbocycles. The summed E-state index contributed by atoms with van der Waals surface area (Å²) >= 11 is 0. The van der Waals surface area contributed by atoms with Crippen LogP contribution in [0.5, 0.6) is 0 Å². The Morgan fingerprint density at radius 2 is 2.25 bits per heavy atom. The maximum absolute atomic E-state index is 11.8. The van der Waals surface area contributed by atoms with E-state index in [1.807, 2.05) is 40.2 Å². The number of nitrogens with one attached hydrogen (secondary N) is 1. The van der Waals surface area contributed by atoms with E-state index < -0.39 is 5.60 Å². The van der Waals surface area contributed by atoms with Gasteiger partial charge < -0.3 is 14.6 Å². The lowest BCUT2D eigenvalue weighted by Gasteiger charge is -2.27. The Morgan fingerprint density at radius 1 is 1.55 bits per heavy atom.